The number of benzene rings is 1. The second-order valence-corrected chi connectivity index (χ2v) is 4.64. The van der Waals surface area contributed by atoms with Crippen LogP contribution in [0, 0.1) is 0 Å². The zero-order valence-corrected chi connectivity index (χ0v) is 12.2. The van der Waals surface area contributed by atoms with Gasteiger partial charge >= 0.3 is 0 Å². The first-order chi connectivity index (χ1) is 10.2. The van der Waals surface area contributed by atoms with Gasteiger partial charge in [0.2, 0.25) is 5.91 Å². The van der Waals surface area contributed by atoms with E-state index in [4.69, 9.17) is 4.74 Å². The third kappa shape index (κ3) is 4.49. The van der Waals surface area contributed by atoms with Crippen LogP contribution in [-0.2, 0) is 11.3 Å². The summed E-state index contributed by atoms with van der Waals surface area (Å²) < 4.78 is 5.38. The quantitative estimate of drug-likeness (QED) is 0.830. The molecule has 0 aliphatic rings. The Bertz CT molecular complexity index is 588. The van der Waals surface area contributed by atoms with Crippen molar-refractivity contribution in [2.75, 3.05) is 13.7 Å². The van der Waals surface area contributed by atoms with Gasteiger partial charge in [0.15, 0.2) is 0 Å². The summed E-state index contributed by atoms with van der Waals surface area (Å²) >= 11 is 0. The lowest BCUT2D eigenvalue weighted by atomic mass is 10.2. The van der Waals surface area contributed by atoms with Gasteiger partial charge in [-0.25, -0.2) is 0 Å². The molecule has 0 atom stereocenters. The normalized spacial score (nSPS) is 10.8. The molecule has 5 heteroatoms. The van der Waals surface area contributed by atoms with Crippen LogP contribution in [0.1, 0.15) is 18.1 Å². The van der Waals surface area contributed by atoms with Crippen LogP contribution in [0.2, 0.25) is 0 Å². The van der Waals surface area contributed by atoms with E-state index >= 15 is 0 Å². The van der Waals surface area contributed by atoms with Crippen LogP contribution in [0.3, 0.4) is 0 Å². The number of likely N-dealkylation sites (N-methyl/N-ethyl adjacent to an activating group) is 1. The third-order valence-corrected chi connectivity index (χ3v) is 2.96. The lowest BCUT2D eigenvalue weighted by Gasteiger charge is -2.13. The van der Waals surface area contributed by atoms with Crippen molar-refractivity contribution in [3.8, 4) is 5.75 Å². The van der Waals surface area contributed by atoms with E-state index in [2.05, 4.69) is 10.2 Å². The van der Waals surface area contributed by atoms with E-state index in [1.165, 1.54) is 0 Å². The lowest BCUT2D eigenvalue weighted by Crippen LogP contribution is -2.23. The number of rotatable bonds is 6. The Morgan fingerprint density at radius 1 is 1.38 bits per heavy atom. The zero-order valence-electron chi connectivity index (χ0n) is 12.2. The molecule has 0 spiro atoms. The van der Waals surface area contributed by atoms with Crippen LogP contribution >= 0.6 is 0 Å². The minimum atomic E-state index is -0.0508. The Labute approximate surface area is 124 Å². The molecule has 0 aliphatic heterocycles. The molecule has 0 unspecified atom stereocenters. The third-order valence-electron chi connectivity index (χ3n) is 2.96. The van der Waals surface area contributed by atoms with Crippen molar-refractivity contribution >= 4 is 12.0 Å². The predicted molar refractivity (Wildman–Crippen MR) is 81.7 cm³/mol. The van der Waals surface area contributed by atoms with Gasteiger partial charge < -0.3 is 9.64 Å². The first-order valence-electron chi connectivity index (χ1n) is 6.82. The summed E-state index contributed by atoms with van der Waals surface area (Å²) in [6, 6.07) is 7.63. The highest BCUT2D eigenvalue weighted by Crippen LogP contribution is 2.13. The second kappa shape index (κ2) is 7.28. The van der Waals surface area contributed by atoms with Crippen LogP contribution < -0.4 is 4.74 Å². The molecule has 0 bridgehead atoms. The molecule has 1 N–H and O–H groups in total. The maximum atomic E-state index is 12.0. The Balaban J connectivity index is 1.91. The van der Waals surface area contributed by atoms with Crippen LogP contribution in [-0.4, -0.2) is 34.7 Å². The van der Waals surface area contributed by atoms with Crippen molar-refractivity contribution in [2.24, 2.45) is 0 Å². The molecule has 21 heavy (non-hydrogen) atoms. The van der Waals surface area contributed by atoms with Crippen molar-refractivity contribution < 1.29 is 9.53 Å². The maximum Gasteiger partial charge on any atom is 0.246 e. The van der Waals surface area contributed by atoms with Gasteiger partial charge in [-0.3, -0.25) is 9.89 Å². The summed E-state index contributed by atoms with van der Waals surface area (Å²) in [6.07, 6.45) is 6.85. The molecule has 0 aliphatic carbocycles. The van der Waals surface area contributed by atoms with Crippen molar-refractivity contribution in [1.29, 1.82) is 0 Å². The van der Waals surface area contributed by atoms with Gasteiger partial charge in [0.05, 0.1) is 12.8 Å². The number of nitrogens with zero attached hydrogens (tertiary/aromatic N) is 2. The number of carbonyl (C=O) groups is 1. The standard InChI is InChI=1S/C16H19N3O2/c1-3-21-15-7-4-13(5-8-15)6-9-16(20)19(2)12-14-10-17-18-11-14/h4-11H,3,12H2,1-2H3,(H,17,18). The largest absolute Gasteiger partial charge is 0.494 e. The molecule has 110 valence electrons. The molecule has 1 heterocycles. The van der Waals surface area contributed by atoms with E-state index in [-0.39, 0.29) is 5.91 Å². The molecule has 0 saturated heterocycles. The lowest BCUT2D eigenvalue weighted by molar-refractivity contribution is -0.125. The number of amides is 1. The Morgan fingerprint density at radius 2 is 2.14 bits per heavy atom. The van der Waals surface area contributed by atoms with Crippen LogP contribution in [0.5, 0.6) is 5.75 Å². The summed E-state index contributed by atoms with van der Waals surface area (Å²) in [5.74, 6) is 0.781. The average molecular weight is 285 g/mol. The topological polar surface area (TPSA) is 58.2 Å². The number of aromatic amines is 1. The Morgan fingerprint density at radius 3 is 2.76 bits per heavy atom. The van der Waals surface area contributed by atoms with E-state index in [0.717, 1.165) is 16.9 Å². The molecular weight excluding hydrogens is 266 g/mol. The summed E-state index contributed by atoms with van der Waals surface area (Å²) in [5.41, 5.74) is 1.93. The van der Waals surface area contributed by atoms with Crippen LogP contribution in [0.25, 0.3) is 6.08 Å². The molecule has 0 fully saturated rings. The van der Waals surface area contributed by atoms with Crippen LogP contribution in [0.4, 0.5) is 0 Å². The first-order valence-corrected chi connectivity index (χ1v) is 6.82. The van der Waals surface area contributed by atoms with E-state index in [1.54, 1.807) is 36.5 Å². The van der Waals surface area contributed by atoms with E-state index in [1.807, 2.05) is 31.2 Å². The number of ether oxygens (including phenoxy) is 1. The average Bonchev–Trinajstić information content (AvgIpc) is 2.99. The zero-order chi connectivity index (χ0) is 15.1. The number of hydrogen-bond donors (Lipinski definition) is 1. The SMILES string of the molecule is CCOc1ccc(C=CC(=O)N(C)Cc2cn[nH]c2)cc1. The van der Waals surface area contributed by atoms with Crippen molar-refractivity contribution in [3.05, 3.63) is 53.9 Å². The number of hydrogen-bond acceptors (Lipinski definition) is 3. The van der Waals surface area contributed by atoms with Gasteiger partial charge in [0, 0.05) is 31.4 Å². The van der Waals surface area contributed by atoms with Gasteiger partial charge in [-0.05, 0) is 30.7 Å². The van der Waals surface area contributed by atoms with Crippen molar-refractivity contribution in [3.63, 3.8) is 0 Å². The molecule has 0 radical (unpaired) electrons. The molecule has 1 aromatic heterocycles. The van der Waals surface area contributed by atoms with E-state index in [9.17, 15) is 4.79 Å². The van der Waals surface area contributed by atoms with Gasteiger partial charge in [-0.1, -0.05) is 12.1 Å². The molecule has 5 nitrogen and oxygen atoms in total. The van der Waals surface area contributed by atoms with Crippen molar-refractivity contribution in [2.45, 2.75) is 13.5 Å². The van der Waals surface area contributed by atoms with Gasteiger partial charge in [0.1, 0.15) is 5.75 Å². The molecule has 1 aromatic carbocycles. The molecule has 2 rings (SSSR count). The summed E-state index contributed by atoms with van der Waals surface area (Å²) in [7, 11) is 1.76. The van der Waals surface area contributed by atoms with Crippen molar-refractivity contribution in [1.82, 2.24) is 15.1 Å². The van der Waals surface area contributed by atoms with Gasteiger partial charge in [-0.15, -0.1) is 0 Å². The number of carbonyl (C=O) groups excluding carboxylic acids is 1. The first kappa shape index (κ1) is 14.8. The Hall–Kier alpha value is -2.56. The fourth-order valence-corrected chi connectivity index (χ4v) is 1.85. The fourth-order valence-electron chi connectivity index (χ4n) is 1.85. The summed E-state index contributed by atoms with van der Waals surface area (Å²) in [4.78, 5) is 13.6. The van der Waals surface area contributed by atoms with Gasteiger partial charge in [0.25, 0.3) is 0 Å². The number of nitrogens with one attached hydrogen (secondary N) is 1. The molecule has 0 saturated carbocycles. The van der Waals surface area contributed by atoms with Gasteiger partial charge in [-0.2, -0.15) is 5.10 Å². The maximum absolute atomic E-state index is 12.0. The highest BCUT2D eigenvalue weighted by Gasteiger charge is 2.06. The Kier molecular flexibility index (Phi) is 5.15. The van der Waals surface area contributed by atoms with E-state index < -0.39 is 0 Å². The summed E-state index contributed by atoms with van der Waals surface area (Å²) in [6.45, 7) is 3.12. The van der Waals surface area contributed by atoms with E-state index in [0.29, 0.717) is 13.2 Å². The number of aromatic nitrogens is 2. The van der Waals surface area contributed by atoms with Crippen LogP contribution in [0.15, 0.2) is 42.7 Å². The minimum absolute atomic E-state index is 0.0508. The molecule has 2 aromatic rings. The fraction of sp³-hybridized carbons (Fsp3) is 0.250. The number of H-pyrrole nitrogens is 1. The molecule has 1 amide bonds. The molecular formula is C16H19N3O2. The predicted octanol–water partition coefficient (Wildman–Crippen LogP) is 2.48. The minimum Gasteiger partial charge on any atom is -0.494 e. The second-order valence-electron chi connectivity index (χ2n) is 4.64. The highest BCUT2D eigenvalue weighted by molar-refractivity contribution is 5.91. The highest BCUT2D eigenvalue weighted by atomic mass is 16.5. The smallest absolute Gasteiger partial charge is 0.246 e. The monoisotopic (exact) mass is 285 g/mol. The summed E-state index contributed by atoms with van der Waals surface area (Å²) in [5, 5.41) is 6.59.